The Morgan fingerprint density at radius 3 is 2.35 bits per heavy atom. The molecule has 4 rings (SSSR count). The number of hydrogen-bond acceptors (Lipinski definition) is 5. The molecule has 4 unspecified atom stereocenters. The monoisotopic (exact) mass is 426 g/mol. The number of carboxylic acid groups (broad SMARTS) is 2. The van der Waals surface area contributed by atoms with Gasteiger partial charge < -0.3 is 10.2 Å². The molecular formula is C23H26N2O6. The molecule has 0 aromatic heterocycles. The molecule has 2 aliphatic heterocycles. The molecule has 3 N–H and O–H groups in total. The minimum atomic E-state index is -2.03. The highest BCUT2D eigenvalue weighted by molar-refractivity contribution is 6.10. The van der Waals surface area contributed by atoms with Crippen LogP contribution in [-0.2, 0) is 19.2 Å². The Hall–Kier alpha value is -3.00. The van der Waals surface area contributed by atoms with Crippen LogP contribution in [0.15, 0.2) is 36.4 Å². The van der Waals surface area contributed by atoms with E-state index in [1.54, 1.807) is 12.2 Å². The molecule has 2 saturated heterocycles. The fourth-order valence-electron chi connectivity index (χ4n) is 5.39. The maximum absolute atomic E-state index is 13.4. The van der Waals surface area contributed by atoms with E-state index < -0.39 is 53.6 Å². The average molecular weight is 426 g/mol. The lowest BCUT2D eigenvalue weighted by Crippen LogP contribution is -2.58. The van der Waals surface area contributed by atoms with Crippen molar-refractivity contribution < 1.29 is 29.4 Å². The van der Waals surface area contributed by atoms with E-state index in [9.17, 15) is 29.4 Å². The number of likely N-dealkylation sites (tertiary alicyclic amines) is 1. The highest BCUT2D eigenvalue weighted by atomic mass is 16.4. The van der Waals surface area contributed by atoms with Gasteiger partial charge in [-0.15, -0.1) is 0 Å². The minimum Gasteiger partial charge on any atom is -0.481 e. The number of amides is 2. The van der Waals surface area contributed by atoms with Gasteiger partial charge in [-0.1, -0.05) is 61.7 Å². The number of benzene rings is 1. The maximum Gasteiger partial charge on any atom is 0.325 e. The van der Waals surface area contributed by atoms with Crippen LogP contribution in [0.4, 0.5) is 0 Å². The lowest BCUT2D eigenvalue weighted by molar-refractivity contribution is -0.156. The van der Waals surface area contributed by atoms with Crippen molar-refractivity contribution in [1.29, 1.82) is 0 Å². The van der Waals surface area contributed by atoms with E-state index in [2.05, 4.69) is 5.32 Å². The third-order valence-corrected chi connectivity index (χ3v) is 6.77. The van der Waals surface area contributed by atoms with Gasteiger partial charge in [-0.25, -0.2) is 0 Å². The molecule has 0 radical (unpaired) electrons. The number of rotatable bonds is 6. The number of imide groups is 1. The third kappa shape index (κ3) is 3.65. The van der Waals surface area contributed by atoms with Crippen molar-refractivity contribution in [3.8, 4) is 0 Å². The van der Waals surface area contributed by atoms with Crippen LogP contribution in [0.2, 0.25) is 0 Å². The van der Waals surface area contributed by atoms with Crippen molar-refractivity contribution in [2.24, 2.45) is 11.8 Å². The molecule has 0 spiro atoms. The van der Waals surface area contributed by atoms with Crippen LogP contribution in [0, 0.1) is 11.8 Å². The quantitative estimate of drug-likeness (QED) is 0.594. The van der Waals surface area contributed by atoms with E-state index in [1.165, 1.54) is 4.90 Å². The molecular weight excluding hydrogens is 400 g/mol. The van der Waals surface area contributed by atoms with E-state index in [-0.39, 0.29) is 6.04 Å². The Morgan fingerprint density at radius 1 is 1.06 bits per heavy atom. The first-order valence-electron chi connectivity index (χ1n) is 10.7. The van der Waals surface area contributed by atoms with Gasteiger partial charge in [0.15, 0.2) is 0 Å². The summed E-state index contributed by atoms with van der Waals surface area (Å²) < 4.78 is 0. The Kier molecular flexibility index (Phi) is 5.66. The number of nitrogens with zero attached hydrogens (tertiary/aromatic N) is 1. The summed E-state index contributed by atoms with van der Waals surface area (Å²) in [5.74, 6) is -5.91. The van der Waals surface area contributed by atoms with Crippen molar-refractivity contribution in [1.82, 2.24) is 10.2 Å². The van der Waals surface area contributed by atoms with E-state index >= 15 is 0 Å². The number of nitrogens with one attached hydrogen (secondary N) is 1. The SMILES string of the molecule is O=C(O)CC1(C(=O)O)NC(C=Cc2ccccc2)C2C(=O)N(C3CCCCC3)C(=O)C21. The first kappa shape index (κ1) is 21.2. The van der Waals surface area contributed by atoms with Crippen LogP contribution in [0.25, 0.3) is 6.08 Å². The van der Waals surface area contributed by atoms with Crippen molar-refractivity contribution in [3.63, 3.8) is 0 Å². The van der Waals surface area contributed by atoms with E-state index in [0.717, 1.165) is 24.8 Å². The average Bonchev–Trinajstić information content (AvgIpc) is 3.21. The van der Waals surface area contributed by atoms with Crippen molar-refractivity contribution >= 4 is 29.8 Å². The van der Waals surface area contributed by atoms with Crippen LogP contribution in [-0.4, -0.2) is 56.5 Å². The van der Waals surface area contributed by atoms with Crippen molar-refractivity contribution in [3.05, 3.63) is 42.0 Å². The van der Waals surface area contributed by atoms with Crippen LogP contribution in [0.1, 0.15) is 44.1 Å². The summed E-state index contributed by atoms with van der Waals surface area (Å²) >= 11 is 0. The number of hydrogen-bond donors (Lipinski definition) is 3. The van der Waals surface area contributed by atoms with Crippen molar-refractivity contribution in [2.75, 3.05) is 0 Å². The number of carboxylic acids is 2. The molecule has 2 heterocycles. The summed E-state index contributed by atoms with van der Waals surface area (Å²) in [6.45, 7) is 0. The highest BCUT2D eigenvalue weighted by Crippen LogP contribution is 2.46. The van der Waals surface area contributed by atoms with Gasteiger partial charge in [0, 0.05) is 12.1 Å². The molecule has 3 aliphatic rings. The van der Waals surface area contributed by atoms with Crippen LogP contribution < -0.4 is 5.32 Å². The predicted octanol–water partition coefficient (Wildman–Crippen LogP) is 1.90. The minimum absolute atomic E-state index is 0.241. The molecule has 8 heteroatoms. The fourth-order valence-corrected chi connectivity index (χ4v) is 5.39. The van der Waals surface area contributed by atoms with Crippen molar-refractivity contribution in [2.45, 2.75) is 56.1 Å². The molecule has 2 amide bonds. The molecule has 4 atom stereocenters. The third-order valence-electron chi connectivity index (χ3n) is 6.77. The summed E-state index contributed by atoms with van der Waals surface area (Å²) in [7, 11) is 0. The van der Waals surface area contributed by atoms with E-state index in [0.29, 0.717) is 12.8 Å². The molecule has 31 heavy (non-hydrogen) atoms. The second-order valence-corrected chi connectivity index (χ2v) is 8.63. The van der Waals surface area contributed by atoms with Gasteiger partial charge in [0.1, 0.15) is 5.54 Å². The molecule has 8 nitrogen and oxygen atoms in total. The van der Waals surface area contributed by atoms with Crippen LogP contribution >= 0.6 is 0 Å². The lowest BCUT2D eigenvalue weighted by atomic mass is 9.78. The topological polar surface area (TPSA) is 124 Å². The molecule has 0 bridgehead atoms. The number of fused-ring (bicyclic) bond motifs is 1. The first-order chi connectivity index (χ1) is 14.8. The van der Waals surface area contributed by atoms with E-state index in [4.69, 9.17) is 0 Å². The Balaban J connectivity index is 1.73. The molecule has 3 fully saturated rings. The smallest absolute Gasteiger partial charge is 0.325 e. The number of carbonyl (C=O) groups is 4. The normalized spacial score (nSPS) is 31.4. The summed E-state index contributed by atoms with van der Waals surface area (Å²) in [6.07, 6.45) is 6.92. The first-order valence-corrected chi connectivity index (χ1v) is 10.7. The Labute approximate surface area is 179 Å². The lowest BCUT2D eigenvalue weighted by Gasteiger charge is -2.33. The number of carbonyl (C=O) groups excluding carboxylic acids is 2. The predicted molar refractivity (Wildman–Crippen MR) is 111 cm³/mol. The molecule has 164 valence electrons. The van der Waals surface area contributed by atoms with Gasteiger partial charge in [0.2, 0.25) is 11.8 Å². The molecule has 1 aromatic rings. The zero-order valence-electron chi connectivity index (χ0n) is 17.1. The second-order valence-electron chi connectivity index (χ2n) is 8.63. The van der Waals surface area contributed by atoms with Gasteiger partial charge in [-0.2, -0.15) is 0 Å². The second kappa shape index (κ2) is 8.26. The highest BCUT2D eigenvalue weighted by Gasteiger charge is 2.69. The van der Waals surface area contributed by atoms with Crippen LogP contribution in [0.5, 0.6) is 0 Å². The number of aliphatic carboxylic acids is 2. The van der Waals surface area contributed by atoms with Gasteiger partial charge in [0.05, 0.1) is 18.3 Å². The summed E-state index contributed by atoms with van der Waals surface area (Å²) in [5.41, 5.74) is -1.17. The molecule has 1 aromatic carbocycles. The fraction of sp³-hybridized carbons (Fsp3) is 0.478. The summed E-state index contributed by atoms with van der Waals surface area (Å²) in [5, 5.41) is 22.3. The van der Waals surface area contributed by atoms with Gasteiger partial charge in [-0.05, 0) is 18.4 Å². The Bertz CT molecular complexity index is 923. The zero-order valence-corrected chi connectivity index (χ0v) is 17.1. The summed E-state index contributed by atoms with van der Waals surface area (Å²) in [4.78, 5) is 52.0. The summed E-state index contributed by atoms with van der Waals surface area (Å²) in [6, 6.07) is 8.29. The zero-order chi connectivity index (χ0) is 22.2. The maximum atomic E-state index is 13.4. The Morgan fingerprint density at radius 2 is 1.74 bits per heavy atom. The molecule has 1 saturated carbocycles. The molecule has 1 aliphatic carbocycles. The largest absolute Gasteiger partial charge is 0.481 e. The van der Waals surface area contributed by atoms with Crippen LogP contribution in [0.3, 0.4) is 0 Å². The van der Waals surface area contributed by atoms with Gasteiger partial charge in [-0.3, -0.25) is 29.4 Å². The standard InChI is InChI=1S/C23H26N2O6/c26-17(27)13-23(22(30)31)19-18(16(24-23)12-11-14-7-3-1-4-8-14)20(28)25(21(19)29)15-9-5-2-6-10-15/h1,3-4,7-8,11-12,15-16,18-19,24H,2,5-6,9-10,13H2,(H,26,27)(H,30,31). The van der Waals surface area contributed by atoms with Gasteiger partial charge in [0.25, 0.3) is 0 Å². The van der Waals surface area contributed by atoms with Gasteiger partial charge >= 0.3 is 11.9 Å². The van der Waals surface area contributed by atoms with E-state index in [1.807, 2.05) is 30.3 Å².